The smallest absolute Gasteiger partial charge is 0.0375 e. The van der Waals surface area contributed by atoms with E-state index in [1.807, 2.05) is 0 Å². The number of aryl methyl sites for hydroxylation is 1. The van der Waals surface area contributed by atoms with Gasteiger partial charge in [-0.05, 0) is 41.9 Å². The van der Waals surface area contributed by atoms with Crippen molar-refractivity contribution < 1.29 is 0 Å². The summed E-state index contributed by atoms with van der Waals surface area (Å²) in [5.41, 5.74) is 4.56. The van der Waals surface area contributed by atoms with Crippen LogP contribution in [0.3, 0.4) is 0 Å². The summed E-state index contributed by atoms with van der Waals surface area (Å²) in [7, 11) is 0. The van der Waals surface area contributed by atoms with Crippen molar-refractivity contribution in [1.29, 1.82) is 0 Å². The lowest BCUT2D eigenvalue weighted by molar-refractivity contribution is 0.583. The van der Waals surface area contributed by atoms with E-state index in [1.165, 1.54) is 36.1 Å². The minimum absolute atomic E-state index is 0.261. The normalized spacial score (nSPS) is 20.1. The SMILES string of the molecule is CCC1CCc2cc(C(C)(C)C)ccc2N1. The average molecular weight is 217 g/mol. The highest BCUT2D eigenvalue weighted by Gasteiger charge is 2.19. The zero-order chi connectivity index (χ0) is 11.8. The predicted octanol–water partition coefficient (Wildman–Crippen LogP) is 4.12. The zero-order valence-corrected chi connectivity index (χ0v) is 10.9. The van der Waals surface area contributed by atoms with Crippen LogP contribution in [0.4, 0.5) is 5.69 Å². The van der Waals surface area contributed by atoms with Crippen LogP contribution < -0.4 is 5.32 Å². The van der Waals surface area contributed by atoms with Crippen LogP contribution in [-0.2, 0) is 11.8 Å². The highest BCUT2D eigenvalue weighted by molar-refractivity contribution is 5.56. The molecule has 0 fully saturated rings. The number of hydrogen-bond donors (Lipinski definition) is 1. The van der Waals surface area contributed by atoms with E-state index in [0.717, 1.165) is 0 Å². The van der Waals surface area contributed by atoms with Gasteiger partial charge in [-0.2, -0.15) is 0 Å². The molecule has 88 valence electrons. The van der Waals surface area contributed by atoms with Crippen LogP contribution in [0, 0.1) is 0 Å². The van der Waals surface area contributed by atoms with Gasteiger partial charge in [0.05, 0.1) is 0 Å². The zero-order valence-electron chi connectivity index (χ0n) is 10.9. The monoisotopic (exact) mass is 217 g/mol. The Balaban J connectivity index is 2.28. The second kappa shape index (κ2) is 4.12. The first-order chi connectivity index (χ1) is 7.50. The molecule has 2 rings (SSSR count). The van der Waals surface area contributed by atoms with Gasteiger partial charge in [0.1, 0.15) is 0 Å². The molecule has 0 saturated heterocycles. The number of benzene rings is 1. The standard InChI is InChI=1S/C15H23N/c1-5-13-8-6-11-10-12(15(2,3)4)7-9-14(11)16-13/h7,9-10,13,16H,5-6,8H2,1-4H3. The molecule has 1 heterocycles. The summed E-state index contributed by atoms with van der Waals surface area (Å²) in [6, 6.07) is 7.59. The lowest BCUT2D eigenvalue weighted by Crippen LogP contribution is -2.25. The molecule has 1 heteroatoms. The van der Waals surface area contributed by atoms with Gasteiger partial charge in [-0.25, -0.2) is 0 Å². The van der Waals surface area contributed by atoms with Crippen molar-refractivity contribution in [2.24, 2.45) is 0 Å². The Morgan fingerprint density at radius 2 is 2.06 bits per heavy atom. The molecule has 1 aromatic carbocycles. The lowest BCUT2D eigenvalue weighted by Gasteiger charge is -2.28. The van der Waals surface area contributed by atoms with Gasteiger partial charge in [-0.1, -0.05) is 39.8 Å². The summed E-state index contributed by atoms with van der Waals surface area (Å²) in [6.07, 6.45) is 3.72. The molecule has 1 N–H and O–H groups in total. The molecule has 1 aliphatic rings. The van der Waals surface area contributed by atoms with E-state index in [9.17, 15) is 0 Å². The van der Waals surface area contributed by atoms with Gasteiger partial charge in [0, 0.05) is 11.7 Å². The van der Waals surface area contributed by atoms with Crippen LogP contribution in [0.5, 0.6) is 0 Å². The highest BCUT2D eigenvalue weighted by atomic mass is 14.9. The van der Waals surface area contributed by atoms with Gasteiger partial charge in [-0.15, -0.1) is 0 Å². The molecule has 0 amide bonds. The maximum absolute atomic E-state index is 3.63. The van der Waals surface area contributed by atoms with Crippen molar-refractivity contribution in [3.63, 3.8) is 0 Å². The van der Waals surface area contributed by atoms with E-state index in [0.29, 0.717) is 6.04 Å². The topological polar surface area (TPSA) is 12.0 Å². The number of fused-ring (bicyclic) bond motifs is 1. The number of nitrogens with one attached hydrogen (secondary N) is 1. The third-order valence-corrected chi connectivity index (χ3v) is 3.59. The number of hydrogen-bond acceptors (Lipinski definition) is 1. The molecule has 1 aliphatic heterocycles. The number of rotatable bonds is 1. The van der Waals surface area contributed by atoms with Gasteiger partial charge in [-0.3, -0.25) is 0 Å². The molecule has 16 heavy (non-hydrogen) atoms. The van der Waals surface area contributed by atoms with Crippen molar-refractivity contribution in [2.45, 2.75) is 58.4 Å². The second-order valence-electron chi connectivity index (χ2n) is 5.91. The van der Waals surface area contributed by atoms with Crippen LogP contribution in [-0.4, -0.2) is 6.04 Å². The minimum Gasteiger partial charge on any atom is -0.382 e. The van der Waals surface area contributed by atoms with Crippen LogP contribution in [0.15, 0.2) is 18.2 Å². The Labute approximate surface area is 99.3 Å². The van der Waals surface area contributed by atoms with Crippen molar-refractivity contribution in [2.75, 3.05) is 5.32 Å². The largest absolute Gasteiger partial charge is 0.382 e. The summed E-state index contributed by atoms with van der Waals surface area (Å²) < 4.78 is 0. The fraction of sp³-hybridized carbons (Fsp3) is 0.600. The van der Waals surface area contributed by atoms with Crippen LogP contribution in [0.1, 0.15) is 51.7 Å². The maximum atomic E-state index is 3.63. The van der Waals surface area contributed by atoms with Crippen molar-refractivity contribution in [1.82, 2.24) is 0 Å². The summed E-state index contributed by atoms with van der Waals surface area (Å²) in [6.45, 7) is 9.09. The highest BCUT2D eigenvalue weighted by Crippen LogP contribution is 2.31. The first kappa shape index (κ1) is 11.5. The summed E-state index contributed by atoms with van der Waals surface area (Å²) in [4.78, 5) is 0. The van der Waals surface area contributed by atoms with Gasteiger partial charge in [0.2, 0.25) is 0 Å². The van der Waals surface area contributed by atoms with Gasteiger partial charge >= 0.3 is 0 Å². The third-order valence-electron chi connectivity index (χ3n) is 3.59. The molecule has 0 spiro atoms. The third kappa shape index (κ3) is 2.23. The molecule has 1 unspecified atom stereocenters. The summed E-state index contributed by atoms with van der Waals surface area (Å²) in [5, 5.41) is 3.63. The van der Waals surface area contributed by atoms with E-state index in [-0.39, 0.29) is 5.41 Å². The molecule has 0 radical (unpaired) electrons. The molecule has 1 nitrogen and oxygen atoms in total. The Morgan fingerprint density at radius 3 is 2.69 bits per heavy atom. The molecular weight excluding hydrogens is 194 g/mol. The quantitative estimate of drug-likeness (QED) is 0.746. The number of anilines is 1. The molecule has 0 aromatic heterocycles. The fourth-order valence-electron chi connectivity index (χ4n) is 2.34. The van der Waals surface area contributed by atoms with Crippen LogP contribution >= 0.6 is 0 Å². The lowest BCUT2D eigenvalue weighted by atomic mass is 9.84. The van der Waals surface area contributed by atoms with E-state index in [1.54, 1.807) is 0 Å². The van der Waals surface area contributed by atoms with Crippen molar-refractivity contribution in [3.8, 4) is 0 Å². The van der Waals surface area contributed by atoms with E-state index in [2.05, 4.69) is 51.2 Å². The minimum atomic E-state index is 0.261. The Kier molecular flexibility index (Phi) is 2.96. The van der Waals surface area contributed by atoms with Crippen molar-refractivity contribution in [3.05, 3.63) is 29.3 Å². The summed E-state index contributed by atoms with van der Waals surface area (Å²) >= 11 is 0. The molecule has 1 atom stereocenters. The first-order valence-corrected chi connectivity index (χ1v) is 6.40. The molecule has 0 saturated carbocycles. The van der Waals surface area contributed by atoms with E-state index >= 15 is 0 Å². The van der Waals surface area contributed by atoms with Gasteiger partial charge in [0.15, 0.2) is 0 Å². The average Bonchev–Trinajstić information content (AvgIpc) is 2.26. The first-order valence-electron chi connectivity index (χ1n) is 6.40. The Morgan fingerprint density at radius 1 is 1.31 bits per heavy atom. The Bertz CT molecular complexity index is 374. The molecule has 0 bridgehead atoms. The maximum Gasteiger partial charge on any atom is 0.0375 e. The molecule has 0 aliphatic carbocycles. The summed E-state index contributed by atoms with van der Waals surface area (Å²) in [5.74, 6) is 0. The van der Waals surface area contributed by atoms with Crippen molar-refractivity contribution >= 4 is 5.69 Å². The second-order valence-corrected chi connectivity index (χ2v) is 5.91. The fourth-order valence-corrected chi connectivity index (χ4v) is 2.34. The predicted molar refractivity (Wildman–Crippen MR) is 71.2 cm³/mol. The molecule has 1 aromatic rings. The van der Waals surface area contributed by atoms with Crippen LogP contribution in [0.2, 0.25) is 0 Å². The van der Waals surface area contributed by atoms with Gasteiger partial charge < -0.3 is 5.32 Å². The Hall–Kier alpha value is -0.980. The van der Waals surface area contributed by atoms with Gasteiger partial charge in [0.25, 0.3) is 0 Å². The van der Waals surface area contributed by atoms with E-state index in [4.69, 9.17) is 0 Å². The molecular formula is C15H23N. The van der Waals surface area contributed by atoms with E-state index < -0.39 is 0 Å². The van der Waals surface area contributed by atoms with Crippen LogP contribution in [0.25, 0.3) is 0 Å².